The summed E-state index contributed by atoms with van der Waals surface area (Å²) in [4.78, 5) is 9.39. The van der Waals surface area contributed by atoms with E-state index in [4.69, 9.17) is 9.72 Å². The lowest BCUT2D eigenvalue weighted by molar-refractivity contribution is 0.182. The van der Waals surface area contributed by atoms with Crippen LogP contribution in [-0.4, -0.2) is 27.7 Å². The van der Waals surface area contributed by atoms with Crippen LogP contribution in [0, 0.1) is 12.8 Å². The van der Waals surface area contributed by atoms with E-state index in [9.17, 15) is 0 Å². The van der Waals surface area contributed by atoms with Crippen molar-refractivity contribution in [2.24, 2.45) is 5.92 Å². The number of rotatable bonds is 4. The molecule has 0 aliphatic carbocycles. The predicted molar refractivity (Wildman–Crippen MR) is 90.4 cm³/mol. The molecular formula is C19H21N3O. The molecule has 1 aliphatic heterocycles. The van der Waals surface area contributed by atoms with Crippen LogP contribution in [0.1, 0.15) is 23.4 Å². The third kappa shape index (κ3) is 2.99. The number of aryl methyl sites for hydroxylation is 1. The van der Waals surface area contributed by atoms with Crippen LogP contribution in [0.4, 0.5) is 0 Å². The van der Waals surface area contributed by atoms with Gasteiger partial charge in [-0.25, -0.2) is 9.97 Å². The number of fused-ring (bicyclic) bond motifs is 1. The first-order valence-electron chi connectivity index (χ1n) is 8.23. The van der Waals surface area contributed by atoms with Gasteiger partial charge in [0.15, 0.2) is 5.65 Å². The second kappa shape index (κ2) is 6.13. The molecule has 3 aromatic rings. The third-order valence-corrected chi connectivity index (χ3v) is 4.53. The molecule has 1 saturated heterocycles. The van der Waals surface area contributed by atoms with Crippen LogP contribution in [-0.2, 0) is 17.7 Å². The van der Waals surface area contributed by atoms with Gasteiger partial charge in [-0.3, -0.25) is 0 Å². The summed E-state index contributed by atoms with van der Waals surface area (Å²) in [6.07, 6.45) is 3.81. The van der Waals surface area contributed by atoms with Crippen molar-refractivity contribution in [3.05, 3.63) is 59.5 Å². The average Bonchev–Trinajstić information content (AvgIpc) is 3.19. The maximum atomic E-state index is 5.54. The van der Waals surface area contributed by atoms with E-state index in [-0.39, 0.29) is 0 Å². The number of hydrogen-bond acceptors (Lipinski definition) is 3. The maximum absolute atomic E-state index is 5.54. The fourth-order valence-electron chi connectivity index (χ4n) is 3.21. The van der Waals surface area contributed by atoms with Gasteiger partial charge in [-0.2, -0.15) is 0 Å². The van der Waals surface area contributed by atoms with Crippen LogP contribution >= 0.6 is 0 Å². The molecule has 4 nitrogen and oxygen atoms in total. The Balaban J connectivity index is 1.70. The third-order valence-electron chi connectivity index (χ3n) is 4.53. The van der Waals surface area contributed by atoms with E-state index < -0.39 is 0 Å². The van der Waals surface area contributed by atoms with Crippen molar-refractivity contribution in [1.82, 2.24) is 14.5 Å². The molecular weight excluding hydrogens is 286 g/mol. The molecule has 1 atom stereocenters. The van der Waals surface area contributed by atoms with Gasteiger partial charge in [-0.05, 0) is 31.0 Å². The minimum atomic E-state index is 0.561. The SMILES string of the molecule is Cc1ccc(Cc2nc3cccnc3n2CC2CCOC2)cc1. The van der Waals surface area contributed by atoms with Crippen molar-refractivity contribution in [2.75, 3.05) is 13.2 Å². The Morgan fingerprint density at radius 1 is 1.22 bits per heavy atom. The lowest BCUT2D eigenvalue weighted by atomic mass is 10.1. The molecule has 0 saturated carbocycles. The topological polar surface area (TPSA) is 39.9 Å². The normalized spacial score (nSPS) is 17.9. The smallest absolute Gasteiger partial charge is 0.160 e. The van der Waals surface area contributed by atoms with Crippen molar-refractivity contribution in [1.29, 1.82) is 0 Å². The maximum Gasteiger partial charge on any atom is 0.160 e. The molecule has 1 fully saturated rings. The Hall–Kier alpha value is -2.20. The minimum Gasteiger partial charge on any atom is -0.381 e. The van der Waals surface area contributed by atoms with Crippen LogP contribution in [0.2, 0.25) is 0 Å². The molecule has 4 rings (SSSR count). The first-order chi connectivity index (χ1) is 11.3. The van der Waals surface area contributed by atoms with Crippen molar-refractivity contribution in [2.45, 2.75) is 26.3 Å². The van der Waals surface area contributed by atoms with E-state index >= 15 is 0 Å². The predicted octanol–water partition coefficient (Wildman–Crippen LogP) is 3.37. The number of pyridine rings is 1. The summed E-state index contributed by atoms with van der Waals surface area (Å²) in [7, 11) is 0. The molecule has 0 bridgehead atoms. The Kier molecular flexibility index (Phi) is 3.83. The van der Waals surface area contributed by atoms with E-state index in [1.54, 1.807) is 0 Å². The highest BCUT2D eigenvalue weighted by atomic mass is 16.5. The molecule has 4 heteroatoms. The van der Waals surface area contributed by atoms with Gasteiger partial charge in [0.25, 0.3) is 0 Å². The number of aromatic nitrogens is 3. The number of benzene rings is 1. The van der Waals surface area contributed by atoms with Crippen molar-refractivity contribution >= 4 is 11.2 Å². The minimum absolute atomic E-state index is 0.561. The van der Waals surface area contributed by atoms with Crippen LogP contribution in [0.25, 0.3) is 11.2 Å². The molecule has 3 heterocycles. The van der Waals surface area contributed by atoms with E-state index in [1.807, 2.05) is 18.3 Å². The Bertz CT molecular complexity index is 801. The summed E-state index contributed by atoms with van der Waals surface area (Å²) in [5, 5.41) is 0. The molecule has 118 valence electrons. The molecule has 1 unspecified atom stereocenters. The molecule has 0 spiro atoms. The Morgan fingerprint density at radius 3 is 2.87 bits per heavy atom. The Morgan fingerprint density at radius 2 is 2.09 bits per heavy atom. The zero-order valence-electron chi connectivity index (χ0n) is 13.4. The van der Waals surface area contributed by atoms with E-state index in [1.165, 1.54) is 11.1 Å². The van der Waals surface area contributed by atoms with Crippen LogP contribution < -0.4 is 0 Å². The van der Waals surface area contributed by atoms with Crippen LogP contribution in [0.15, 0.2) is 42.6 Å². The molecule has 23 heavy (non-hydrogen) atoms. The van der Waals surface area contributed by atoms with Gasteiger partial charge in [0.2, 0.25) is 0 Å². The number of ether oxygens (including phenoxy) is 1. The fraction of sp³-hybridized carbons (Fsp3) is 0.368. The fourth-order valence-corrected chi connectivity index (χ4v) is 3.21. The quantitative estimate of drug-likeness (QED) is 0.742. The lowest BCUT2D eigenvalue weighted by Gasteiger charge is -2.13. The average molecular weight is 307 g/mol. The van der Waals surface area contributed by atoms with Gasteiger partial charge in [-0.1, -0.05) is 29.8 Å². The van der Waals surface area contributed by atoms with Gasteiger partial charge in [0.05, 0.1) is 6.61 Å². The summed E-state index contributed by atoms with van der Waals surface area (Å²) in [6.45, 7) is 4.77. The van der Waals surface area contributed by atoms with Gasteiger partial charge < -0.3 is 9.30 Å². The first kappa shape index (κ1) is 14.4. The lowest BCUT2D eigenvalue weighted by Crippen LogP contribution is -2.14. The number of hydrogen-bond donors (Lipinski definition) is 0. The molecule has 0 amide bonds. The summed E-state index contributed by atoms with van der Waals surface area (Å²) >= 11 is 0. The van der Waals surface area contributed by atoms with Crippen molar-refractivity contribution in [3.63, 3.8) is 0 Å². The summed E-state index contributed by atoms with van der Waals surface area (Å²) in [5.41, 5.74) is 4.54. The largest absolute Gasteiger partial charge is 0.381 e. The summed E-state index contributed by atoms with van der Waals surface area (Å²) < 4.78 is 7.82. The molecule has 1 aromatic carbocycles. The highest BCUT2D eigenvalue weighted by Crippen LogP contribution is 2.22. The molecule has 1 aliphatic rings. The van der Waals surface area contributed by atoms with Gasteiger partial charge in [0, 0.05) is 31.7 Å². The first-order valence-corrected chi connectivity index (χ1v) is 8.23. The molecule has 0 radical (unpaired) electrons. The van der Waals surface area contributed by atoms with E-state index in [0.29, 0.717) is 5.92 Å². The number of nitrogens with zero attached hydrogens (tertiary/aromatic N) is 3. The molecule has 0 N–H and O–H groups in total. The zero-order valence-corrected chi connectivity index (χ0v) is 13.4. The number of imidazole rings is 1. The van der Waals surface area contributed by atoms with Gasteiger partial charge in [0.1, 0.15) is 11.3 Å². The zero-order chi connectivity index (χ0) is 15.6. The molecule has 2 aromatic heterocycles. The Labute approximate surface area is 136 Å². The standard InChI is InChI=1S/C19H21N3O/c1-14-4-6-15(7-5-14)11-18-21-17-3-2-9-20-19(17)22(18)12-16-8-10-23-13-16/h2-7,9,16H,8,10-13H2,1H3. The van der Waals surface area contributed by atoms with Crippen LogP contribution in [0.3, 0.4) is 0 Å². The van der Waals surface area contributed by atoms with E-state index in [0.717, 1.165) is 49.6 Å². The van der Waals surface area contributed by atoms with Gasteiger partial charge in [-0.15, -0.1) is 0 Å². The summed E-state index contributed by atoms with van der Waals surface area (Å²) in [6, 6.07) is 12.7. The summed E-state index contributed by atoms with van der Waals surface area (Å²) in [5.74, 6) is 1.65. The monoisotopic (exact) mass is 307 g/mol. The second-order valence-corrected chi connectivity index (χ2v) is 6.38. The van der Waals surface area contributed by atoms with Gasteiger partial charge >= 0.3 is 0 Å². The highest BCUT2D eigenvalue weighted by molar-refractivity contribution is 5.71. The van der Waals surface area contributed by atoms with E-state index in [2.05, 4.69) is 40.7 Å². The highest BCUT2D eigenvalue weighted by Gasteiger charge is 2.20. The van der Waals surface area contributed by atoms with Crippen molar-refractivity contribution in [3.8, 4) is 0 Å². The van der Waals surface area contributed by atoms with Crippen LogP contribution in [0.5, 0.6) is 0 Å². The van der Waals surface area contributed by atoms with Crippen molar-refractivity contribution < 1.29 is 4.74 Å². The second-order valence-electron chi connectivity index (χ2n) is 6.38.